The second kappa shape index (κ2) is 5.55. The molecule has 0 amide bonds. The highest BCUT2D eigenvalue weighted by molar-refractivity contribution is 7.10. The molecule has 0 unspecified atom stereocenters. The summed E-state index contributed by atoms with van der Waals surface area (Å²) in [6.07, 6.45) is 0. The van der Waals surface area contributed by atoms with E-state index in [1.54, 1.807) is 18.4 Å². The molecule has 3 heteroatoms. The molecule has 2 rings (SSSR count). The van der Waals surface area contributed by atoms with Crippen molar-refractivity contribution in [1.29, 1.82) is 0 Å². The Hall–Kier alpha value is -1.32. The third-order valence-corrected chi connectivity index (χ3v) is 4.06. The van der Waals surface area contributed by atoms with E-state index in [4.69, 9.17) is 10.5 Å². The molecule has 0 radical (unpaired) electrons. The van der Waals surface area contributed by atoms with Gasteiger partial charge >= 0.3 is 0 Å². The van der Waals surface area contributed by atoms with Gasteiger partial charge in [0.2, 0.25) is 0 Å². The van der Waals surface area contributed by atoms with E-state index in [1.165, 1.54) is 5.56 Å². The Kier molecular flexibility index (Phi) is 4.04. The van der Waals surface area contributed by atoms with E-state index in [-0.39, 0.29) is 6.04 Å². The average Bonchev–Trinajstić information content (AvgIpc) is 2.90. The van der Waals surface area contributed by atoms with Gasteiger partial charge in [-0.15, -0.1) is 11.3 Å². The minimum atomic E-state index is -0.112. The third kappa shape index (κ3) is 2.57. The normalized spacial score (nSPS) is 12.7. The van der Waals surface area contributed by atoms with Gasteiger partial charge in [0.05, 0.1) is 13.2 Å². The minimum absolute atomic E-state index is 0.112. The number of ether oxygens (including phenoxy) is 1. The molecule has 1 atom stereocenters. The molecule has 2 aromatic rings. The summed E-state index contributed by atoms with van der Waals surface area (Å²) in [7, 11) is 1.69. The van der Waals surface area contributed by atoms with Gasteiger partial charge in [0.1, 0.15) is 5.75 Å². The van der Waals surface area contributed by atoms with Crippen LogP contribution in [0, 0.1) is 0 Å². The highest BCUT2D eigenvalue weighted by Crippen LogP contribution is 2.32. The van der Waals surface area contributed by atoms with Crippen LogP contribution in [0.3, 0.4) is 0 Å². The van der Waals surface area contributed by atoms with Gasteiger partial charge in [-0.25, -0.2) is 0 Å². The molecule has 0 aliphatic rings. The maximum absolute atomic E-state index is 6.34. The summed E-state index contributed by atoms with van der Waals surface area (Å²) in [6, 6.07) is 10.3. The van der Waals surface area contributed by atoms with E-state index < -0.39 is 0 Å². The number of hydrogen-bond donors (Lipinski definition) is 1. The molecule has 1 aromatic carbocycles. The van der Waals surface area contributed by atoms with Gasteiger partial charge in [-0.05, 0) is 35.1 Å². The van der Waals surface area contributed by atoms with Crippen LogP contribution in [0.2, 0.25) is 0 Å². The van der Waals surface area contributed by atoms with E-state index in [0.29, 0.717) is 5.92 Å². The number of hydrogen-bond acceptors (Lipinski definition) is 3. The van der Waals surface area contributed by atoms with Crippen molar-refractivity contribution in [3.63, 3.8) is 0 Å². The maximum Gasteiger partial charge on any atom is 0.124 e. The molecule has 0 fully saturated rings. The van der Waals surface area contributed by atoms with Crippen molar-refractivity contribution < 1.29 is 4.74 Å². The third-order valence-electron chi connectivity index (χ3n) is 3.11. The Morgan fingerprint density at radius 1 is 1.22 bits per heavy atom. The first-order valence-corrected chi connectivity index (χ1v) is 6.98. The second-order valence-electron chi connectivity index (χ2n) is 4.65. The van der Waals surface area contributed by atoms with Crippen LogP contribution >= 0.6 is 11.3 Å². The van der Waals surface area contributed by atoms with Crippen LogP contribution in [-0.2, 0) is 0 Å². The van der Waals surface area contributed by atoms with E-state index in [0.717, 1.165) is 16.2 Å². The quantitative estimate of drug-likeness (QED) is 0.905. The Morgan fingerprint density at radius 3 is 2.56 bits per heavy atom. The average molecular weight is 261 g/mol. The van der Waals surface area contributed by atoms with Gasteiger partial charge in [-0.1, -0.05) is 26.0 Å². The summed E-state index contributed by atoms with van der Waals surface area (Å²) in [5.74, 6) is 1.35. The van der Waals surface area contributed by atoms with Crippen molar-refractivity contribution in [2.75, 3.05) is 7.11 Å². The van der Waals surface area contributed by atoms with Gasteiger partial charge in [-0.3, -0.25) is 0 Å². The van der Waals surface area contributed by atoms with Crippen molar-refractivity contribution >= 4 is 11.3 Å². The SMILES string of the molecule is COc1ccc(C(C)C)cc1[C@H](N)c1cccs1. The zero-order chi connectivity index (χ0) is 13.1. The second-order valence-corrected chi connectivity index (χ2v) is 5.63. The largest absolute Gasteiger partial charge is 0.496 e. The molecule has 0 saturated carbocycles. The molecule has 1 heterocycles. The number of rotatable bonds is 4. The zero-order valence-corrected chi connectivity index (χ0v) is 11.8. The number of nitrogens with two attached hydrogens (primary N) is 1. The standard InChI is InChI=1S/C15H19NOS/c1-10(2)11-6-7-13(17-3)12(9-11)15(16)14-5-4-8-18-14/h4-10,15H,16H2,1-3H3/t15-/m0/s1. The van der Waals surface area contributed by atoms with Gasteiger partial charge in [0.25, 0.3) is 0 Å². The lowest BCUT2D eigenvalue weighted by Crippen LogP contribution is -2.12. The lowest BCUT2D eigenvalue weighted by Gasteiger charge is -2.17. The van der Waals surface area contributed by atoms with Crippen LogP contribution in [0.25, 0.3) is 0 Å². The Balaban J connectivity index is 2.43. The molecule has 1 aromatic heterocycles. The van der Waals surface area contributed by atoms with E-state index in [2.05, 4.69) is 32.0 Å². The fourth-order valence-electron chi connectivity index (χ4n) is 1.98. The van der Waals surface area contributed by atoms with Crippen LogP contribution < -0.4 is 10.5 Å². The molecule has 0 bridgehead atoms. The van der Waals surface area contributed by atoms with Crippen LogP contribution in [0.5, 0.6) is 5.75 Å². The van der Waals surface area contributed by atoms with Crippen LogP contribution in [0.1, 0.15) is 41.8 Å². The molecule has 0 saturated heterocycles. The van der Waals surface area contributed by atoms with Crippen molar-refractivity contribution in [2.45, 2.75) is 25.8 Å². The fourth-order valence-corrected chi connectivity index (χ4v) is 2.72. The molecular formula is C15H19NOS. The highest BCUT2D eigenvalue weighted by atomic mass is 32.1. The summed E-state index contributed by atoms with van der Waals surface area (Å²) in [5, 5.41) is 2.05. The van der Waals surface area contributed by atoms with Crippen molar-refractivity contribution in [3.05, 3.63) is 51.7 Å². The predicted molar refractivity (Wildman–Crippen MR) is 77.4 cm³/mol. The molecule has 2 nitrogen and oxygen atoms in total. The van der Waals surface area contributed by atoms with Gasteiger partial charge in [-0.2, -0.15) is 0 Å². The molecule has 0 aliphatic carbocycles. The van der Waals surface area contributed by atoms with Crippen molar-refractivity contribution in [2.24, 2.45) is 5.73 Å². The number of thiophene rings is 1. The Morgan fingerprint density at radius 2 is 2.00 bits per heavy atom. The Labute approximate surface area is 112 Å². The van der Waals surface area contributed by atoms with Crippen LogP contribution in [0.15, 0.2) is 35.7 Å². The molecule has 2 N–H and O–H groups in total. The zero-order valence-electron chi connectivity index (χ0n) is 11.0. The molecule has 0 spiro atoms. The van der Waals surface area contributed by atoms with E-state index in [9.17, 15) is 0 Å². The lowest BCUT2D eigenvalue weighted by atomic mass is 9.96. The van der Waals surface area contributed by atoms with Crippen LogP contribution in [0.4, 0.5) is 0 Å². The van der Waals surface area contributed by atoms with Crippen LogP contribution in [-0.4, -0.2) is 7.11 Å². The van der Waals surface area contributed by atoms with Gasteiger partial charge in [0.15, 0.2) is 0 Å². The van der Waals surface area contributed by atoms with Crippen molar-refractivity contribution in [1.82, 2.24) is 0 Å². The lowest BCUT2D eigenvalue weighted by molar-refractivity contribution is 0.407. The summed E-state index contributed by atoms with van der Waals surface area (Å²) >= 11 is 1.68. The number of methoxy groups -OCH3 is 1. The summed E-state index contributed by atoms with van der Waals surface area (Å²) < 4.78 is 5.42. The van der Waals surface area contributed by atoms with Gasteiger partial charge < -0.3 is 10.5 Å². The predicted octanol–water partition coefficient (Wildman–Crippen LogP) is 3.93. The molecular weight excluding hydrogens is 242 g/mol. The van der Waals surface area contributed by atoms with E-state index >= 15 is 0 Å². The summed E-state index contributed by atoms with van der Waals surface area (Å²) in [4.78, 5) is 1.16. The van der Waals surface area contributed by atoms with Gasteiger partial charge in [0, 0.05) is 10.4 Å². The molecule has 0 aliphatic heterocycles. The number of benzene rings is 1. The molecule has 18 heavy (non-hydrogen) atoms. The summed E-state index contributed by atoms with van der Waals surface area (Å²) in [6.45, 7) is 4.37. The van der Waals surface area contributed by atoms with E-state index in [1.807, 2.05) is 17.5 Å². The highest BCUT2D eigenvalue weighted by Gasteiger charge is 2.16. The summed E-state index contributed by atoms with van der Waals surface area (Å²) in [5.41, 5.74) is 8.69. The monoisotopic (exact) mass is 261 g/mol. The minimum Gasteiger partial charge on any atom is -0.496 e. The first-order valence-electron chi connectivity index (χ1n) is 6.10. The van der Waals surface area contributed by atoms with Crippen molar-refractivity contribution in [3.8, 4) is 5.75 Å². The smallest absolute Gasteiger partial charge is 0.124 e. The Bertz CT molecular complexity index is 505. The molecule has 96 valence electrons. The topological polar surface area (TPSA) is 35.2 Å². The first-order chi connectivity index (χ1) is 8.63. The maximum atomic E-state index is 6.34. The first kappa shape index (κ1) is 13.1. The fraction of sp³-hybridized carbons (Fsp3) is 0.333.